The van der Waals surface area contributed by atoms with Crippen molar-refractivity contribution in [3.8, 4) is 0 Å². The van der Waals surface area contributed by atoms with Gasteiger partial charge in [0.2, 0.25) is 0 Å². The molecule has 1 unspecified atom stereocenters. The van der Waals surface area contributed by atoms with Gasteiger partial charge in [-0.1, -0.05) is 31.5 Å². The Morgan fingerprint density at radius 3 is 2.59 bits per heavy atom. The highest BCUT2D eigenvalue weighted by molar-refractivity contribution is 6.22. The summed E-state index contributed by atoms with van der Waals surface area (Å²) in [5.41, 5.74) is 2.57. The van der Waals surface area contributed by atoms with Crippen molar-refractivity contribution in [1.82, 2.24) is 4.90 Å². The maximum Gasteiger partial charge on any atom is 0.338 e. The average Bonchev–Trinajstić information content (AvgIpc) is 3.05. The Kier molecular flexibility index (Phi) is 6.08. The van der Waals surface area contributed by atoms with Gasteiger partial charge in [-0.05, 0) is 56.0 Å². The van der Waals surface area contributed by atoms with Crippen LogP contribution in [0.2, 0.25) is 0 Å². The summed E-state index contributed by atoms with van der Waals surface area (Å²) in [5.74, 6) is -1.73. The normalized spacial score (nSPS) is 15.9. The van der Waals surface area contributed by atoms with Crippen molar-refractivity contribution in [2.75, 3.05) is 18.0 Å². The minimum Gasteiger partial charge on any atom is -0.449 e. The number of fused-ring (bicyclic) bond motifs is 2. The fourth-order valence-electron chi connectivity index (χ4n) is 4.20. The molecule has 2 heterocycles. The standard InChI is InChI=1S/C25H26N2O5/c1-3-4-13-27-23(29)19-12-11-18(15-20(19)24(27)30)25(31)32-16(2)22(28)26-14-7-9-17-8-5-6-10-21(17)26/h5-6,8,10-12,15-16H,3-4,7,9,13-14H2,1-2H3. The van der Waals surface area contributed by atoms with E-state index in [9.17, 15) is 19.2 Å². The first-order valence-electron chi connectivity index (χ1n) is 11.0. The van der Waals surface area contributed by atoms with Crippen LogP contribution in [0.3, 0.4) is 0 Å². The van der Waals surface area contributed by atoms with Crippen LogP contribution in [-0.2, 0) is 16.0 Å². The lowest BCUT2D eigenvalue weighted by atomic mass is 10.0. The lowest BCUT2D eigenvalue weighted by Crippen LogP contribution is -2.42. The van der Waals surface area contributed by atoms with Crippen molar-refractivity contribution >= 4 is 29.4 Å². The van der Waals surface area contributed by atoms with Crippen molar-refractivity contribution in [1.29, 1.82) is 0 Å². The summed E-state index contributed by atoms with van der Waals surface area (Å²) >= 11 is 0. The molecule has 4 rings (SSSR count). The van der Waals surface area contributed by atoms with Crippen molar-refractivity contribution in [2.24, 2.45) is 0 Å². The van der Waals surface area contributed by atoms with E-state index in [1.807, 2.05) is 31.2 Å². The molecule has 32 heavy (non-hydrogen) atoms. The predicted octanol–water partition coefficient (Wildman–Crippen LogP) is 3.61. The molecule has 2 aliphatic heterocycles. The van der Waals surface area contributed by atoms with E-state index in [1.54, 1.807) is 11.8 Å². The SMILES string of the molecule is CCCCN1C(=O)c2ccc(C(=O)OC(C)C(=O)N3CCCc4ccccc43)cc2C1=O. The van der Waals surface area contributed by atoms with E-state index in [4.69, 9.17) is 4.74 Å². The Bertz CT molecular complexity index is 1090. The molecule has 2 aromatic carbocycles. The van der Waals surface area contributed by atoms with Crippen molar-refractivity contribution in [3.05, 3.63) is 64.7 Å². The van der Waals surface area contributed by atoms with Gasteiger partial charge in [-0.2, -0.15) is 0 Å². The number of para-hydroxylation sites is 1. The largest absolute Gasteiger partial charge is 0.449 e. The first kappa shape index (κ1) is 21.7. The van der Waals surface area contributed by atoms with Gasteiger partial charge in [-0.15, -0.1) is 0 Å². The van der Waals surface area contributed by atoms with E-state index in [1.165, 1.54) is 23.1 Å². The van der Waals surface area contributed by atoms with Crippen molar-refractivity contribution in [3.63, 3.8) is 0 Å². The molecule has 0 radical (unpaired) electrons. The van der Waals surface area contributed by atoms with Crippen LogP contribution in [-0.4, -0.2) is 47.8 Å². The van der Waals surface area contributed by atoms with Crippen LogP contribution in [0.5, 0.6) is 0 Å². The van der Waals surface area contributed by atoms with Crippen LogP contribution in [0.25, 0.3) is 0 Å². The third kappa shape index (κ3) is 3.90. The summed E-state index contributed by atoms with van der Waals surface area (Å²) in [4.78, 5) is 53.7. The van der Waals surface area contributed by atoms with Gasteiger partial charge in [0, 0.05) is 18.8 Å². The second-order valence-electron chi connectivity index (χ2n) is 8.15. The highest BCUT2D eigenvalue weighted by atomic mass is 16.5. The summed E-state index contributed by atoms with van der Waals surface area (Å²) < 4.78 is 5.44. The second-order valence-corrected chi connectivity index (χ2v) is 8.15. The van der Waals surface area contributed by atoms with Gasteiger partial charge in [0.1, 0.15) is 0 Å². The van der Waals surface area contributed by atoms with Gasteiger partial charge in [-0.3, -0.25) is 19.3 Å². The topological polar surface area (TPSA) is 84.0 Å². The number of esters is 1. The molecular formula is C25H26N2O5. The second kappa shape index (κ2) is 8.94. The van der Waals surface area contributed by atoms with E-state index in [0.717, 1.165) is 36.9 Å². The molecule has 0 fully saturated rings. The number of hydrogen-bond acceptors (Lipinski definition) is 5. The Labute approximate surface area is 187 Å². The van der Waals surface area contributed by atoms with Gasteiger partial charge in [-0.25, -0.2) is 4.79 Å². The highest BCUT2D eigenvalue weighted by Crippen LogP contribution is 2.28. The summed E-state index contributed by atoms with van der Waals surface area (Å²) in [5, 5.41) is 0. The molecule has 0 aromatic heterocycles. The minimum atomic E-state index is -0.986. The zero-order chi connectivity index (χ0) is 22.8. The molecule has 7 nitrogen and oxygen atoms in total. The molecule has 2 aromatic rings. The molecule has 0 bridgehead atoms. The summed E-state index contributed by atoms with van der Waals surface area (Å²) in [6.07, 6.45) is 2.35. The quantitative estimate of drug-likeness (QED) is 0.512. The van der Waals surface area contributed by atoms with Crippen LogP contribution in [0.15, 0.2) is 42.5 Å². The summed E-state index contributed by atoms with van der Waals surface area (Å²) in [7, 11) is 0. The number of unbranched alkanes of at least 4 members (excludes halogenated alkanes) is 1. The molecular weight excluding hydrogens is 408 g/mol. The van der Waals surface area contributed by atoms with Crippen LogP contribution in [0.4, 0.5) is 5.69 Å². The van der Waals surface area contributed by atoms with Gasteiger partial charge in [0.15, 0.2) is 6.10 Å². The number of nitrogens with zero attached hydrogens (tertiary/aromatic N) is 2. The number of anilines is 1. The average molecular weight is 434 g/mol. The molecule has 166 valence electrons. The Morgan fingerprint density at radius 1 is 1.06 bits per heavy atom. The van der Waals surface area contributed by atoms with Crippen molar-refractivity contribution < 1.29 is 23.9 Å². The zero-order valence-corrected chi connectivity index (χ0v) is 18.3. The Balaban J connectivity index is 1.47. The van der Waals surface area contributed by atoms with Gasteiger partial charge < -0.3 is 9.64 Å². The number of carbonyl (C=O) groups is 4. The van der Waals surface area contributed by atoms with E-state index < -0.39 is 18.0 Å². The van der Waals surface area contributed by atoms with E-state index in [-0.39, 0.29) is 28.5 Å². The van der Waals surface area contributed by atoms with Crippen LogP contribution >= 0.6 is 0 Å². The van der Waals surface area contributed by atoms with Crippen molar-refractivity contribution in [2.45, 2.75) is 45.6 Å². The number of imide groups is 1. The van der Waals surface area contributed by atoms with E-state index >= 15 is 0 Å². The smallest absolute Gasteiger partial charge is 0.338 e. The van der Waals surface area contributed by atoms with Crippen LogP contribution in [0, 0.1) is 0 Å². The Morgan fingerprint density at radius 2 is 1.81 bits per heavy atom. The summed E-state index contributed by atoms with van der Waals surface area (Å²) in [6.45, 7) is 4.45. The molecule has 0 N–H and O–H groups in total. The zero-order valence-electron chi connectivity index (χ0n) is 18.3. The third-order valence-corrected chi connectivity index (χ3v) is 5.95. The molecule has 2 aliphatic rings. The predicted molar refractivity (Wildman–Crippen MR) is 119 cm³/mol. The van der Waals surface area contributed by atoms with Crippen LogP contribution in [0.1, 0.15) is 69.7 Å². The van der Waals surface area contributed by atoms with Gasteiger partial charge in [0.05, 0.1) is 16.7 Å². The third-order valence-electron chi connectivity index (χ3n) is 5.95. The first-order valence-corrected chi connectivity index (χ1v) is 11.0. The number of hydrogen-bond donors (Lipinski definition) is 0. The summed E-state index contributed by atoms with van der Waals surface area (Å²) in [6, 6.07) is 12.0. The number of benzene rings is 2. The molecule has 0 spiro atoms. The van der Waals surface area contributed by atoms with Gasteiger partial charge in [0.25, 0.3) is 17.7 Å². The van der Waals surface area contributed by atoms with Crippen LogP contribution < -0.4 is 4.90 Å². The number of carbonyl (C=O) groups excluding carboxylic acids is 4. The number of ether oxygens (including phenoxy) is 1. The number of aryl methyl sites for hydroxylation is 1. The number of rotatable bonds is 6. The first-order chi connectivity index (χ1) is 15.4. The monoisotopic (exact) mass is 434 g/mol. The highest BCUT2D eigenvalue weighted by Gasteiger charge is 2.36. The lowest BCUT2D eigenvalue weighted by Gasteiger charge is -2.31. The van der Waals surface area contributed by atoms with E-state index in [2.05, 4.69) is 0 Å². The lowest BCUT2D eigenvalue weighted by molar-refractivity contribution is -0.126. The molecule has 1 atom stereocenters. The Hall–Kier alpha value is -3.48. The minimum absolute atomic E-state index is 0.140. The molecule has 0 saturated carbocycles. The molecule has 3 amide bonds. The molecule has 0 aliphatic carbocycles. The fraction of sp³-hybridized carbons (Fsp3) is 0.360. The fourth-order valence-corrected chi connectivity index (χ4v) is 4.20. The number of amides is 3. The maximum absolute atomic E-state index is 13.0. The molecule has 7 heteroatoms. The van der Waals surface area contributed by atoms with E-state index in [0.29, 0.717) is 13.1 Å². The maximum atomic E-state index is 13.0. The molecule has 0 saturated heterocycles. The van der Waals surface area contributed by atoms with Gasteiger partial charge >= 0.3 is 5.97 Å².